The molecule has 1 amide bonds. The van der Waals surface area contributed by atoms with Crippen LogP contribution in [0.25, 0.3) is 11.1 Å². The molecule has 0 fully saturated rings. The molecule has 1 aliphatic carbocycles. The molecule has 5 rings (SSSR count). The Kier molecular flexibility index (Phi) is 5.86. The number of hydrogen-bond acceptors (Lipinski definition) is 4. The second-order valence-electron chi connectivity index (χ2n) is 8.24. The molecule has 0 saturated carbocycles. The summed E-state index contributed by atoms with van der Waals surface area (Å²) in [7, 11) is 0. The third-order valence-electron chi connectivity index (χ3n) is 6.08. The first-order valence-electron chi connectivity index (χ1n) is 11.0. The standard InChI is InChI=1S/C26H24F2N2O3/c27-25(28)14-29-17-9-10-24-16(11-17)12-18(33-24)13-30-26(31)32-15-23-21-7-3-1-5-19(21)20-6-2-4-8-22(20)23/h1-11,18,23,25,29H,12-15H2,(H,30,31). The highest BCUT2D eigenvalue weighted by atomic mass is 19.3. The van der Waals surface area contributed by atoms with Crippen molar-refractivity contribution in [2.75, 3.05) is 25.0 Å². The molecule has 5 nitrogen and oxygen atoms in total. The van der Waals surface area contributed by atoms with Crippen LogP contribution < -0.4 is 15.4 Å². The lowest BCUT2D eigenvalue weighted by Crippen LogP contribution is -2.35. The van der Waals surface area contributed by atoms with Crippen molar-refractivity contribution >= 4 is 11.8 Å². The highest BCUT2D eigenvalue weighted by Gasteiger charge is 2.29. The van der Waals surface area contributed by atoms with E-state index in [-0.39, 0.29) is 18.6 Å². The summed E-state index contributed by atoms with van der Waals surface area (Å²) in [5, 5.41) is 5.49. The van der Waals surface area contributed by atoms with E-state index in [4.69, 9.17) is 9.47 Å². The summed E-state index contributed by atoms with van der Waals surface area (Å²) >= 11 is 0. The van der Waals surface area contributed by atoms with Crippen LogP contribution in [0.15, 0.2) is 66.7 Å². The van der Waals surface area contributed by atoms with Gasteiger partial charge in [-0.1, -0.05) is 48.5 Å². The van der Waals surface area contributed by atoms with Crippen LogP contribution >= 0.6 is 0 Å². The minimum Gasteiger partial charge on any atom is -0.488 e. The number of alkyl carbamates (subject to hydrolysis) is 1. The maximum atomic E-state index is 12.4. The average molecular weight is 450 g/mol. The van der Waals surface area contributed by atoms with Crippen LogP contribution in [0.4, 0.5) is 19.3 Å². The molecule has 1 atom stereocenters. The van der Waals surface area contributed by atoms with E-state index in [0.717, 1.165) is 16.7 Å². The molecule has 2 N–H and O–H groups in total. The molecule has 7 heteroatoms. The summed E-state index contributed by atoms with van der Waals surface area (Å²) < 4.78 is 36.2. The molecule has 1 heterocycles. The van der Waals surface area contributed by atoms with Crippen molar-refractivity contribution in [2.24, 2.45) is 0 Å². The summed E-state index contributed by atoms with van der Waals surface area (Å²) in [5.41, 5.74) is 6.24. The van der Waals surface area contributed by atoms with Gasteiger partial charge in [-0.2, -0.15) is 0 Å². The first-order chi connectivity index (χ1) is 16.1. The second-order valence-corrected chi connectivity index (χ2v) is 8.24. The van der Waals surface area contributed by atoms with E-state index >= 15 is 0 Å². The summed E-state index contributed by atoms with van der Waals surface area (Å²) in [6, 6.07) is 21.7. The topological polar surface area (TPSA) is 59.6 Å². The minimum atomic E-state index is -2.41. The highest BCUT2D eigenvalue weighted by Crippen LogP contribution is 2.44. The summed E-state index contributed by atoms with van der Waals surface area (Å²) in [4.78, 5) is 12.4. The van der Waals surface area contributed by atoms with E-state index in [1.54, 1.807) is 12.1 Å². The van der Waals surface area contributed by atoms with E-state index in [1.165, 1.54) is 11.1 Å². The molecule has 0 saturated heterocycles. The van der Waals surface area contributed by atoms with Crippen molar-refractivity contribution in [3.63, 3.8) is 0 Å². The third kappa shape index (κ3) is 4.49. The number of rotatable bonds is 7. The van der Waals surface area contributed by atoms with Gasteiger partial charge in [0.1, 0.15) is 18.5 Å². The van der Waals surface area contributed by atoms with Crippen LogP contribution in [0.2, 0.25) is 0 Å². The molecule has 2 aliphatic rings. The van der Waals surface area contributed by atoms with Crippen LogP contribution in [0, 0.1) is 0 Å². The fourth-order valence-corrected chi connectivity index (χ4v) is 4.59. The Morgan fingerprint density at radius 3 is 2.42 bits per heavy atom. The van der Waals surface area contributed by atoms with Crippen molar-refractivity contribution < 1.29 is 23.0 Å². The number of alkyl halides is 2. The number of carbonyl (C=O) groups is 1. The third-order valence-corrected chi connectivity index (χ3v) is 6.08. The molecule has 1 aliphatic heterocycles. The zero-order valence-electron chi connectivity index (χ0n) is 17.9. The summed E-state index contributed by atoms with van der Waals surface area (Å²) in [6.07, 6.45) is -2.55. The molecular weight excluding hydrogens is 426 g/mol. The maximum Gasteiger partial charge on any atom is 0.407 e. The first-order valence-corrected chi connectivity index (χ1v) is 11.0. The molecule has 0 bridgehead atoms. The molecule has 3 aromatic carbocycles. The van der Waals surface area contributed by atoms with Crippen molar-refractivity contribution in [1.82, 2.24) is 5.32 Å². The molecular formula is C26H24F2N2O3. The Bertz CT molecular complexity index is 1120. The van der Waals surface area contributed by atoms with Gasteiger partial charge in [-0.25, -0.2) is 13.6 Å². The maximum absolute atomic E-state index is 12.4. The molecule has 0 aromatic heterocycles. The van der Waals surface area contributed by atoms with E-state index in [9.17, 15) is 13.6 Å². The molecule has 0 radical (unpaired) electrons. The van der Waals surface area contributed by atoms with E-state index in [2.05, 4.69) is 34.9 Å². The van der Waals surface area contributed by atoms with Crippen LogP contribution in [-0.2, 0) is 11.2 Å². The Balaban J connectivity index is 1.14. The van der Waals surface area contributed by atoms with Gasteiger partial charge in [0.25, 0.3) is 6.43 Å². The van der Waals surface area contributed by atoms with Crippen LogP contribution in [0.3, 0.4) is 0 Å². The highest BCUT2D eigenvalue weighted by molar-refractivity contribution is 5.79. The quantitative estimate of drug-likeness (QED) is 0.519. The van der Waals surface area contributed by atoms with Gasteiger partial charge in [-0.05, 0) is 46.0 Å². The van der Waals surface area contributed by atoms with Crippen LogP contribution in [-0.4, -0.2) is 38.3 Å². The zero-order valence-corrected chi connectivity index (χ0v) is 17.9. The summed E-state index contributed by atoms with van der Waals surface area (Å²) in [5.74, 6) is 0.714. The minimum absolute atomic E-state index is 0.00861. The van der Waals surface area contributed by atoms with Gasteiger partial charge in [-0.3, -0.25) is 0 Å². The van der Waals surface area contributed by atoms with Crippen molar-refractivity contribution in [3.05, 3.63) is 83.4 Å². The van der Waals surface area contributed by atoms with E-state index < -0.39 is 19.1 Å². The van der Waals surface area contributed by atoms with E-state index in [1.807, 2.05) is 30.3 Å². The van der Waals surface area contributed by atoms with Gasteiger partial charge in [0, 0.05) is 18.0 Å². The fourth-order valence-electron chi connectivity index (χ4n) is 4.59. The molecule has 3 aromatic rings. The number of carbonyl (C=O) groups excluding carboxylic acids is 1. The number of benzene rings is 3. The lowest BCUT2D eigenvalue weighted by Gasteiger charge is -2.16. The Morgan fingerprint density at radius 1 is 1.03 bits per heavy atom. The zero-order chi connectivity index (χ0) is 22.8. The normalized spacial score (nSPS) is 16.0. The van der Waals surface area contributed by atoms with Gasteiger partial charge < -0.3 is 20.1 Å². The van der Waals surface area contributed by atoms with Crippen molar-refractivity contribution in [2.45, 2.75) is 24.9 Å². The first kappa shape index (κ1) is 21.2. The largest absolute Gasteiger partial charge is 0.488 e. The van der Waals surface area contributed by atoms with Crippen molar-refractivity contribution in [1.29, 1.82) is 0 Å². The molecule has 170 valence electrons. The van der Waals surface area contributed by atoms with E-state index in [0.29, 0.717) is 24.4 Å². The fraction of sp³-hybridized carbons (Fsp3) is 0.269. The number of amides is 1. The predicted molar refractivity (Wildman–Crippen MR) is 122 cm³/mol. The monoisotopic (exact) mass is 450 g/mol. The number of ether oxygens (including phenoxy) is 2. The average Bonchev–Trinajstić information content (AvgIpc) is 3.38. The van der Waals surface area contributed by atoms with Crippen molar-refractivity contribution in [3.8, 4) is 16.9 Å². The SMILES string of the molecule is O=C(NCC1Cc2cc(NCC(F)F)ccc2O1)OCC1c2ccccc2-c2ccccc21. The molecule has 0 spiro atoms. The number of halogens is 2. The lowest BCUT2D eigenvalue weighted by molar-refractivity contribution is 0.136. The van der Waals surface area contributed by atoms with Gasteiger partial charge in [0.15, 0.2) is 0 Å². The Hall–Kier alpha value is -3.61. The van der Waals surface area contributed by atoms with Crippen LogP contribution in [0.5, 0.6) is 5.75 Å². The second kappa shape index (κ2) is 9.10. The molecule has 1 unspecified atom stereocenters. The predicted octanol–water partition coefficient (Wildman–Crippen LogP) is 5.21. The molecule has 33 heavy (non-hydrogen) atoms. The number of nitrogens with one attached hydrogen (secondary N) is 2. The summed E-state index contributed by atoms with van der Waals surface area (Å²) in [6.45, 7) is 0.155. The smallest absolute Gasteiger partial charge is 0.407 e. The number of fused-ring (bicyclic) bond motifs is 4. The number of anilines is 1. The van der Waals surface area contributed by atoms with Gasteiger partial charge in [0.05, 0.1) is 13.1 Å². The Morgan fingerprint density at radius 2 is 1.73 bits per heavy atom. The van der Waals surface area contributed by atoms with Gasteiger partial charge in [0.2, 0.25) is 0 Å². The Labute approximate surface area is 190 Å². The van der Waals surface area contributed by atoms with Gasteiger partial charge in [-0.15, -0.1) is 0 Å². The van der Waals surface area contributed by atoms with Crippen LogP contribution in [0.1, 0.15) is 22.6 Å². The van der Waals surface area contributed by atoms with Gasteiger partial charge >= 0.3 is 6.09 Å². The number of hydrogen-bond donors (Lipinski definition) is 2. The lowest BCUT2D eigenvalue weighted by atomic mass is 9.98.